The van der Waals surface area contributed by atoms with E-state index in [4.69, 9.17) is 0 Å². The second-order valence-corrected chi connectivity index (χ2v) is 13.0. The van der Waals surface area contributed by atoms with Crippen LogP contribution in [0.1, 0.15) is 102 Å². The minimum Gasteiger partial charge on any atom is -0.390 e. The third-order valence-corrected chi connectivity index (χ3v) is 10.9. The van der Waals surface area contributed by atoms with Gasteiger partial charge in [-0.15, -0.1) is 5.10 Å². The van der Waals surface area contributed by atoms with Crippen LogP contribution in [0.5, 0.6) is 0 Å². The number of carbonyl (C=O) groups excluding carboxylic acids is 2. The van der Waals surface area contributed by atoms with Crippen molar-refractivity contribution in [2.75, 3.05) is 6.54 Å². The zero-order valence-corrected chi connectivity index (χ0v) is 22.1. The number of aliphatic hydroxyl groups is 1. The maximum atomic E-state index is 13.5. The maximum absolute atomic E-state index is 13.5. The molecular weight excluding hydrogens is 440 g/mol. The van der Waals surface area contributed by atoms with Gasteiger partial charge in [0, 0.05) is 12.5 Å². The van der Waals surface area contributed by atoms with Gasteiger partial charge in [0.05, 0.1) is 11.8 Å². The van der Waals surface area contributed by atoms with Crippen molar-refractivity contribution in [2.45, 2.75) is 104 Å². The second-order valence-electron chi connectivity index (χ2n) is 13.0. The van der Waals surface area contributed by atoms with E-state index in [9.17, 15) is 14.7 Å². The molecule has 4 fully saturated rings. The van der Waals surface area contributed by atoms with Crippen LogP contribution in [0.2, 0.25) is 0 Å². The molecule has 4 saturated carbocycles. The van der Waals surface area contributed by atoms with Crippen LogP contribution < -0.4 is 5.32 Å². The average molecular weight is 485 g/mol. The topological polar surface area (TPSA) is 97.1 Å². The molecule has 0 saturated heterocycles. The van der Waals surface area contributed by atoms with E-state index in [1.165, 1.54) is 30.3 Å². The molecule has 0 aliphatic heterocycles. The minimum atomic E-state index is -0.498. The first kappa shape index (κ1) is 24.9. The van der Waals surface area contributed by atoms with Gasteiger partial charge in [0.1, 0.15) is 6.54 Å². The Labute approximate surface area is 209 Å². The van der Waals surface area contributed by atoms with Gasteiger partial charge in [0.2, 0.25) is 0 Å². The quantitative estimate of drug-likeness (QED) is 0.624. The maximum Gasteiger partial charge on any atom is 0.273 e. The fourth-order valence-electron chi connectivity index (χ4n) is 9.02. The summed E-state index contributed by atoms with van der Waals surface area (Å²) in [7, 11) is 0. The molecule has 8 atom stereocenters. The van der Waals surface area contributed by atoms with Crippen LogP contribution in [0.4, 0.5) is 0 Å². The van der Waals surface area contributed by atoms with Gasteiger partial charge >= 0.3 is 0 Å². The van der Waals surface area contributed by atoms with E-state index < -0.39 is 5.60 Å². The molecule has 194 valence electrons. The molecule has 0 bridgehead atoms. The van der Waals surface area contributed by atoms with Gasteiger partial charge in [-0.1, -0.05) is 20.8 Å². The molecule has 5 rings (SSSR count). The monoisotopic (exact) mass is 484 g/mol. The number of ketones is 1. The summed E-state index contributed by atoms with van der Waals surface area (Å²) in [6.45, 7) is 9.68. The SMILES string of the molecule is CCCNC(=O)c1cnn(CC(=O)[C@H]2CC[C@H]3C4CC[C@@H]5C[C@](C)(O)CC[C@]5(C)[C@H]4CC[C@]23C)n1. The highest BCUT2D eigenvalue weighted by molar-refractivity contribution is 5.91. The average Bonchev–Trinajstić information content (AvgIpc) is 3.42. The van der Waals surface area contributed by atoms with Gasteiger partial charge in [-0.3, -0.25) is 9.59 Å². The molecule has 4 aliphatic rings. The van der Waals surface area contributed by atoms with Crippen molar-refractivity contribution < 1.29 is 14.7 Å². The zero-order chi connectivity index (χ0) is 25.0. The zero-order valence-electron chi connectivity index (χ0n) is 22.1. The summed E-state index contributed by atoms with van der Waals surface area (Å²) in [5.41, 5.74) is 0.166. The third kappa shape index (κ3) is 4.25. The number of carbonyl (C=O) groups is 2. The summed E-state index contributed by atoms with van der Waals surface area (Å²) in [5.74, 6) is 2.70. The summed E-state index contributed by atoms with van der Waals surface area (Å²) >= 11 is 0. The van der Waals surface area contributed by atoms with Crippen molar-refractivity contribution in [3.05, 3.63) is 11.9 Å². The van der Waals surface area contributed by atoms with E-state index in [0.29, 0.717) is 29.7 Å². The molecule has 2 N–H and O–H groups in total. The fourth-order valence-corrected chi connectivity index (χ4v) is 9.02. The molecule has 0 radical (unpaired) electrons. The number of fused-ring (bicyclic) bond motifs is 5. The van der Waals surface area contributed by atoms with Crippen molar-refractivity contribution in [2.24, 2.45) is 40.4 Å². The van der Waals surface area contributed by atoms with Gasteiger partial charge in [-0.2, -0.15) is 9.90 Å². The molecule has 4 aliphatic carbocycles. The smallest absolute Gasteiger partial charge is 0.273 e. The van der Waals surface area contributed by atoms with Crippen LogP contribution in [0.15, 0.2) is 6.20 Å². The van der Waals surface area contributed by atoms with E-state index in [1.54, 1.807) is 0 Å². The van der Waals surface area contributed by atoms with E-state index in [-0.39, 0.29) is 35.3 Å². The van der Waals surface area contributed by atoms with Crippen LogP contribution in [0.25, 0.3) is 0 Å². The number of rotatable bonds is 6. The van der Waals surface area contributed by atoms with E-state index in [2.05, 4.69) is 29.4 Å². The van der Waals surface area contributed by atoms with Crippen molar-refractivity contribution in [3.8, 4) is 0 Å². The highest BCUT2D eigenvalue weighted by atomic mass is 16.3. The Bertz CT molecular complexity index is 973. The molecule has 1 amide bonds. The van der Waals surface area contributed by atoms with Gasteiger partial charge < -0.3 is 10.4 Å². The Morgan fingerprint density at radius 2 is 1.83 bits per heavy atom. The van der Waals surface area contributed by atoms with Crippen LogP contribution in [0, 0.1) is 40.4 Å². The summed E-state index contributed by atoms with van der Waals surface area (Å²) < 4.78 is 0. The first-order valence-corrected chi connectivity index (χ1v) is 14.0. The molecule has 1 unspecified atom stereocenters. The van der Waals surface area contributed by atoms with Crippen LogP contribution in [-0.2, 0) is 11.3 Å². The lowest BCUT2D eigenvalue weighted by Gasteiger charge is -2.61. The fraction of sp³-hybridized carbons (Fsp3) is 0.857. The molecule has 1 aromatic rings. The normalized spacial score (nSPS) is 42.6. The number of hydrogen-bond acceptors (Lipinski definition) is 5. The highest BCUT2D eigenvalue weighted by Crippen LogP contribution is 2.68. The Kier molecular flexibility index (Phi) is 6.38. The molecule has 7 nitrogen and oxygen atoms in total. The molecule has 0 spiro atoms. The lowest BCUT2D eigenvalue weighted by atomic mass is 9.44. The largest absolute Gasteiger partial charge is 0.390 e. The van der Waals surface area contributed by atoms with Crippen molar-refractivity contribution in [1.29, 1.82) is 0 Å². The van der Waals surface area contributed by atoms with Crippen LogP contribution in [-0.4, -0.2) is 43.9 Å². The first-order valence-electron chi connectivity index (χ1n) is 14.0. The van der Waals surface area contributed by atoms with Gasteiger partial charge in [0.25, 0.3) is 5.91 Å². The molecule has 0 aromatic carbocycles. The van der Waals surface area contributed by atoms with E-state index in [0.717, 1.165) is 50.9 Å². The van der Waals surface area contributed by atoms with E-state index >= 15 is 0 Å². The van der Waals surface area contributed by atoms with Gasteiger partial charge in [0.15, 0.2) is 11.5 Å². The predicted octanol–water partition coefficient (Wildman–Crippen LogP) is 4.40. The summed E-state index contributed by atoms with van der Waals surface area (Å²) in [6, 6.07) is 0. The van der Waals surface area contributed by atoms with Gasteiger partial charge in [-0.25, -0.2) is 0 Å². The number of amides is 1. The Balaban J connectivity index is 1.27. The third-order valence-electron chi connectivity index (χ3n) is 10.9. The highest BCUT2D eigenvalue weighted by Gasteiger charge is 2.61. The minimum absolute atomic E-state index is 0.0504. The molecule has 7 heteroatoms. The van der Waals surface area contributed by atoms with Gasteiger partial charge in [-0.05, 0) is 106 Å². The molecule has 1 aromatic heterocycles. The Morgan fingerprint density at radius 1 is 1.06 bits per heavy atom. The van der Waals surface area contributed by atoms with Crippen molar-refractivity contribution in [3.63, 3.8) is 0 Å². The second kappa shape index (κ2) is 8.97. The molecular formula is C28H44N4O3. The molecule has 35 heavy (non-hydrogen) atoms. The van der Waals surface area contributed by atoms with Crippen LogP contribution in [0.3, 0.4) is 0 Å². The number of nitrogens with zero attached hydrogens (tertiary/aromatic N) is 3. The van der Waals surface area contributed by atoms with Crippen molar-refractivity contribution >= 4 is 11.7 Å². The first-order chi connectivity index (χ1) is 16.6. The summed E-state index contributed by atoms with van der Waals surface area (Å²) in [4.78, 5) is 27.1. The number of Topliss-reactive ketones (excluding diaryl/α,β-unsaturated/α-hetero) is 1. The van der Waals surface area contributed by atoms with Crippen molar-refractivity contribution in [1.82, 2.24) is 20.3 Å². The summed E-state index contributed by atoms with van der Waals surface area (Å²) in [5, 5.41) is 22.0. The Hall–Kier alpha value is -1.76. The number of aromatic nitrogens is 3. The number of nitrogens with one attached hydrogen (secondary N) is 1. The lowest BCUT2D eigenvalue weighted by molar-refractivity contribution is -0.151. The van der Waals surface area contributed by atoms with E-state index in [1.807, 2.05) is 13.8 Å². The number of hydrogen-bond donors (Lipinski definition) is 2. The lowest BCUT2D eigenvalue weighted by Crippen LogP contribution is -2.55. The molecule has 1 heterocycles. The standard InChI is InChI=1S/C28H44N4O3/c1-5-14-29-25(34)23-16-30-32(31-23)17-24(33)22-9-8-20-19-7-6-18-15-26(2,35)12-13-27(18,3)21(19)10-11-28(20,22)4/h16,18-22,35H,5-15,17H2,1-4H3,(H,29,34)/t18-,19?,20+,21+,22-,26-,27+,28+/m1/s1. The Morgan fingerprint density at radius 3 is 2.60 bits per heavy atom. The predicted molar refractivity (Wildman–Crippen MR) is 133 cm³/mol. The summed E-state index contributed by atoms with van der Waals surface area (Å²) in [6.07, 6.45) is 12.2. The van der Waals surface area contributed by atoms with Crippen LogP contribution >= 0.6 is 0 Å².